The van der Waals surface area contributed by atoms with E-state index in [0.717, 1.165) is 45.9 Å². The molecule has 0 spiro atoms. The fraction of sp³-hybridized carbons (Fsp3) is 0.129. The minimum absolute atomic E-state index is 0. The number of hydrogen-bond acceptors (Lipinski definition) is 2. The number of benzene rings is 4. The van der Waals surface area contributed by atoms with Gasteiger partial charge in [-0.3, -0.25) is 9.48 Å². The van der Waals surface area contributed by atoms with Crippen LogP contribution in [-0.4, -0.2) is 15.9 Å². The normalized spacial score (nSPS) is 10.6. The molecule has 0 radical (unpaired) electrons. The summed E-state index contributed by atoms with van der Waals surface area (Å²) >= 11 is 0. The second kappa shape index (κ2) is 10.3. The third-order valence-corrected chi connectivity index (χ3v) is 6.06. The van der Waals surface area contributed by atoms with Crippen molar-refractivity contribution in [2.24, 2.45) is 7.05 Å². The maximum Gasteiger partial charge on any atom is 0.279 e. The molecule has 4 aromatic carbocycles. The lowest BCUT2D eigenvalue weighted by Crippen LogP contribution is -2.21. The van der Waals surface area contributed by atoms with Crippen molar-refractivity contribution in [3.63, 3.8) is 0 Å². The van der Waals surface area contributed by atoms with Gasteiger partial charge in [0.1, 0.15) is 0 Å². The zero-order chi connectivity index (χ0) is 23.5. The standard InChI is InChI=1S/C30H27N3O.CH4/c1-3-31-25-18-12-17-24(21-25)26-19-10-11-20-27(26)33-30(34)28(22-13-6-4-7-14-22)29(32(33)2)23-15-8-5-9-16-23;/h4-21,31H,3H2,1-2H3;1H4. The van der Waals surface area contributed by atoms with Crippen molar-refractivity contribution in [2.45, 2.75) is 14.4 Å². The average molecular weight is 462 g/mol. The van der Waals surface area contributed by atoms with Gasteiger partial charge >= 0.3 is 0 Å². The number of rotatable bonds is 6. The van der Waals surface area contributed by atoms with Gasteiger partial charge in [0.25, 0.3) is 5.56 Å². The molecular formula is C31H31N3O. The maximum absolute atomic E-state index is 14.1. The van der Waals surface area contributed by atoms with Gasteiger partial charge < -0.3 is 5.32 Å². The first-order valence-electron chi connectivity index (χ1n) is 11.6. The average Bonchev–Trinajstić information content (AvgIpc) is 3.15. The monoisotopic (exact) mass is 461 g/mol. The molecule has 0 saturated carbocycles. The van der Waals surface area contributed by atoms with Crippen LogP contribution >= 0.6 is 0 Å². The van der Waals surface area contributed by atoms with Gasteiger partial charge in [-0.05, 0) is 36.2 Å². The van der Waals surface area contributed by atoms with Gasteiger partial charge in [-0.1, -0.05) is 98.4 Å². The first-order valence-corrected chi connectivity index (χ1v) is 11.6. The van der Waals surface area contributed by atoms with Crippen LogP contribution in [0, 0.1) is 0 Å². The Morgan fingerprint density at radius 1 is 0.714 bits per heavy atom. The molecular weight excluding hydrogens is 430 g/mol. The van der Waals surface area contributed by atoms with Gasteiger partial charge in [0.15, 0.2) is 0 Å². The van der Waals surface area contributed by atoms with Crippen LogP contribution in [0.5, 0.6) is 0 Å². The van der Waals surface area contributed by atoms with E-state index in [2.05, 4.69) is 48.6 Å². The molecule has 0 fully saturated rings. The molecule has 0 saturated heterocycles. The lowest BCUT2D eigenvalue weighted by atomic mass is 10.0. The number of nitrogens with one attached hydrogen (secondary N) is 1. The van der Waals surface area contributed by atoms with E-state index in [1.165, 1.54) is 0 Å². The van der Waals surface area contributed by atoms with Gasteiger partial charge in [0.2, 0.25) is 0 Å². The zero-order valence-electron chi connectivity index (χ0n) is 19.4. The van der Waals surface area contributed by atoms with Crippen molar-refractivity contribution in [2.75, 3.05) is 11.9 Å². The summed E-state index contributed by atoms with van der Waals surface area (Å²) in [5, 5.41) is 3.38. The zero-order valence-corrected chi connectivity index (χ0v) is 19.4. The van der Waals surface area contributed by atoms with Crippen molar-refractivity contribution in [1.82, 2.24) is 9.36 Å². The minimum Gasteiger partial charge on any atom is -0.385 e. The molecule has 0 aliphatic rings. The predicted octanol–water partition coefficient (Wildman–Crippen LogP) is 7.24. The molecule has 5 rings (SSSR count). The van der Waals surface area contributed by atoms with Crippen molar-refractivity contribution in [3.05, 3.63) is 120 Å². The van der Waals surface area contributed by atoms with Crippen LogP contribution in [0.3, 0.4) is 0 Å². The van der Waals surface area contributed by atoms with Crippen molar-refractivity contribution in [1.29, 1.82) is 0 Å². The molecule has 1 heterocycles. The van der Waals surface area contributed by atoms with Gasteiger partial charge in [0.05, 0.1) is 16.9 Å². The lowest BCUT2D eigenvalue weighted by molar-refractivity contribution is 0.653. The van der Waals surface area contributed by atoms with E-state index in [-0.39, 0.29) is 13.0 Å². The summed E-state index contributed by atoms with van der Waals surface area (Å²) in [6.07, 6.45) is 0. The second-order valence-corrected chi connectivity index (χ2v) is 8.22. The number of para-hydroxylation sites is 1. The van der Waals surface area contributed by atoms with Crippen LogP contribution in [0.25, 0.3) is 39.2 Å². The molecule has 0 aliphatic carbocycles. The Kier molecular flexibility index (Phi) is 7.02. The molecule has 0 unspecified atom stereocenters. The highest BCUT2D eigenvalue weighted by Gasteiger charge is 2.23. The molecule has 4 nitrogen and oxygen atoms in total. The highest BCUT2D eigenvalue weighted by Crippen LogP contribution is 2.33. The molecule has 0 aliphatic heterocycles. The van der Waals surface area contributed by atoms with E-state index >= 15 is 0 Å². The number of aromatic nitrogens is 2. The van der Waals surface area contributed by atoms with Gasteiger partial charge in [-0.2, -0.15) is 0 Å². The summed E-state index contributed by atoms with van der Waals surface area (Å²) in [6.45, 7) is 2.93. The fourth-order valence-corrected chi connectivity index (χ4v) is 4.57. The predicted molar refractivity (Wildman–Crippen MR) is 148 cm³/mol. The second-order valence-electron chi connectivity index (χ2n) is 8.22. The van der Waals surface area contributed by atoms with E-state index in [1.54, 1.807) is 4.68 Å². The maximum atomic E-state index is 14.1. The molecule has 35 heavy (non-hydrogen) atoms. The van der Waals surface area contributed by atoms with E-state index in [1.807, 2.05) is 84.5 Å². The number of anilines is 1. The van der Waals surface area contributed by atoms with Gasteiger partial charge in [-0.15, -0.1) is 0 Å². The van der Waals surface area contributed by atoms with Crippen LogP contribution in [0.2, 0.25) is 0 Å². The quantitative estimate of drug-likeness (QED) is 0.289. The van der Waals surface area contributed by atoms with E-state index < -0.39 is 0 Å². The summed E-state index contributed by atoms with van der Waals surface area (Å²) in [7, 11) is 1.96. The summed E-state index contributed by atoms with van der Waals surface area (Å²) in [6, 6.07) is 36.4. The largest absolute Gasteiger partial charge is 0.385 e. The molecule has 0 bridgehead atoms. The topological polar surface area (TPSA) is 39.0 Å². The van der Waals surface area contributed by atoms with Crippen LogP contribution < -0.4 is 10.9 Å². The Bertz CT molecular complexity index is 1480. The minimum atomic E-state index is -0.0390. The Morgan fingerprint density at radius 2 is 1.31 bits per heavy atom. The van der Waals surface area contributed by atoms with Crippen LogP contribution in [-0.2, 0) is 7.05 Å². The Labute approximate surface area is 207 Å². The third kappa shape index (κ3) is 4.43. The highest BCUT2D eigenvalue weighted by atomic mass is 16.1. The van der Waals surface area contributed by atoms with Gasteiger partial charge in [0, 0.05) is 30.4 Å². The number of hydrogen-bond donors (Lipinski definition) is 1. The summed E-state index contributed by atoms with van der Waals surface area (Å²) in [5.41, 5.74) is 7.45. The smallest absolute Gasteiger partial charge is 0.279 e. The highest BCUT2D eigenvalue weighted by molar-refractivity contribution is 5.82. The summed E-state index contributed by atoms with van der Waals surface area (Å²) in [4.78, 5) is 14.1. The third-order valence-electron chi connectivity index (χ3n) is 6.06. The first-order chi connectivity index (χ1) is 16.7. The van der Waals surface area contributed by atoms with Crippen LogP contribution in [0.4, 0.5) is 5.69 Å². The Morgan fingerprint density at radius 3 is 2.00 bits per heavy atom. The molecule has 4 heteroatoms. The SMILES string of the molecule is C.CCNc1cccc(-c2ccccc2-n2c(=O)c(-c3ccccc3)c(-c3ccccc3)n2C)c1. The van der Waals surface area contributed by atoms with Crippen LogP contribution in [0.15, 0.2) is 114 Å². The first kappa shape index (κ1) is 23.8. The fourth-order valence-electron chi connectivity index (χ4n) is 4.57. The molecule has 0 amide bonds. The van der Waals surface area contributed by atoms with Gasteiger partial charge in [-0.25, -0.2) is 4.68 Å². The number of nitrogens with zero attached hydrogens (tertiary/aromatic N) is 2. The van der Waals surface area contributed by atoms with E-state index in [9.17, 15) is 4.79 Å². The van der Waals surface area contributed by atoms with Crippen molar-refractivity contribution >= 4 is 5.69 Å². The van der Waals surface area contributed by atoms with E-state index in [0.29, 0.717) is 5.56 Å². The Balaban J connectivity index is 0.00000289. The summed E-state index contributed by atoms with van der Waals surface area (Å²) in [5.74, 6) is 0. The lowest BCUT2D eigenvalue weighted by Gasteiger charge is -2.15. The molecule has 1 N–H and O–H groups in total. The van der Waals surface area contributed by atoms with E-state index in [4.69, 9.17) is 0 Å². The molecule has 0 atom stereocenters. The van der Waals surface area contributed by atoms with Crippen molar-refractivity contribution < 1.29 is 0 Å². The van der Waals surface area contributed by atoms with Crippen molar-refractivity contribution in [3.8, 4) is 39.2 Å². The summed E-state index contributed by atoms with van der Waals surface area (Å²) < 4.78 is 3.77. The molecule has 5 aromatic rings. The van der Waals surface area contributed by atoms with Crippen LogP contribution in [0.1, 0.15) is 14.4 Å². The Hall–Kier alpha value is -4.31. The molecule has 1 aromatic heterocycles. The molecule has 176 valence electrons.